The number of phenolic OH excluding ortho intramolecular Hbond substituents is 2. The Morgan fingerprint density at radius 2 is 1.43 bits per heavy atom. The number of aliphatic carboxylic acids is 1. The number of thioether (sulfide) groups is 1. The number of phenols is 2. The molecule has 3 N–H and O–H groups in total. The van der Waals surface area contributed by atoms with Crippen LogP contribution in [0.1, 0.15) is 95.1 Å². The largest absolute Gasteiger partial charge is 0.508 e. The number of benzene rings is 2. The van der Waals surface area contributed by atoms with Crippen LogP contribution >= 0.6 is 11.8 Å². The molecule has 1 aliphatic carbocycles. The molecule has 0 radical (unpaired) electrons. The Morgan fingerprint density at radius 3 is 2.02 bits per heavy atom. The van der Waals surface area contributed by atoms with Gasteiger partial charge in [0.05, 0.1) is 5.41 Å². The fourth-order valence-electron chi connectivity index (χ4n) is 7.62. The molecular formula is C32H39F5O4S. The van der Waals surface area contributed by atoms with Crippen LogP contribution in [0.2, 0.25) is 0 Å². The van der Waals surface area contributed by atoms with Crippen LogP contribution in [0.15, 0.2) is 47.4 Å². The molecule has 1 spiro atoms. The van der Waals surface area contributed by atoms with Crippen molar-refractivity contribution in [3.05, 3.63) is 53.6 Å². The average molecular weight is 615 g/mol. The minimum absolute atomic E-state index is 0.00653. The van der Waals surface area contributed by atoms with Gasteiger partial charge in [0, 0.05) is 27.9 Å². The van der Waals surface area contributed by atoms with Crippen molar-refractivity contribution >= 4 is 17.7 Å². The zero-order valence-corrected chi connectivity index (χ0v) is 24.6. The summed E-state index contributed by atoms with van der Waals surface area (Å²) in [5.41, 5.74) is -2.37. The van der Waals surface area contributed by atoms with Gasteiger partial charge in [0.25, 0.3) is 0 Å². The van der Waals surface area contributed by atoms with Crippen molar-refractivity contribution in [2.45, 2.75) is 112 Å². The summed E-state index contributed by atoms with van der Waals surface area (Å²) in [5, 5.41) is 31.7. The van der Waals surface area contributed by atoms with Gasteiger partial charge in [-0.1, -0.05) is 70.1 Å². The summed E-state index contributed by atoms with van der Waals surface area (Å²) < 4.78 is 67.8. The Balaban J connectivity index is 2.01. The molecule has 4 nitrogen and oxygen atoms in total. The van der Waals surface area contributed by atoms with Gasteiger partial charge in [-0.15, -0.1) is 11.8 Å². The van der Waals surface area contributed by atoms with Crippen LogP contribution in [0.5, 0.6) is 11.5 Å². The second-order valence-electron chi connectivity index (χ2n) is 12.2. The predicted octanol–water partition coefficient (Wildman–Crippen LogP) is 9.36. The molecule has 0 amide bonds. The van der Waals surface area contributed by atoms with E-state index >= 15 is 0 Å². The number of hydrogen-bond acceptors (Lipinski definition) is 4. The first kappa shape index (κ1) is 32.4. The number of fused-ring (bicyclic) bond motifs is 2. The summed E-state index contributed by atoms with van der Waals surface area (Å²) in [5.74, 6) is -5.70. The molecule has 0 saturated heterocycles. The first-order valence-electron chi connectivity index (χ1n) is 14.6. The van der Waals surface area contributed by atoms with Crippen LogP contribution in [-0.2, 0) is 15.6 Å². The number of carboxylic acids is 1. The average Bonchev–Trinajstić information content (AvgIpc) is 2.95. The highest BCUT2D eigenvalue weighted by atomic mass is 32.2. The van der Waals surface area contributed by atoms with E-state index in [1.165, 1.54) is 30.0 Å². The third kappa shape index (κ3) is 5.72. The lowest BCUT2D eigenvalue weighted by Gasteiger charge is -2.61. The number of carbonyl (C=O) groups is 1. The second kappa shape index (κ2) is 12.2. The molecule has 232 valence electrons. The van der Waals surface area contributed by atoms with Crippen molar-refractivity contribution in [3.8, 4) is 11.5 Å². The first-order valence-corrected chi connectivity index (χ1v) is 15.6. The normalized spacial score (nSPS) is 27.7. The Labute approximate surface area is 247 Å². The zero-order valence-electron chi connectivity index (χ0n) is 23.8. The zero-order chi connectivity index (χ0) is 30.8. The van der Waals surface area contributed by atoms with E-state index in [-0.39, 0.29) is 24.3 Å². The van der Waals surface area contributed by atoms with Gasteiger partial charge < -0.3 is 15.3 Å². The van der Waals surface area contributed by atoms with E-state index in [0.717, 1.165) is 37.7 Å². The number of rotatable bonds is 6. The molecule has 4 rings (SSSR count). The molecule has 42 heavy (non-hydrogen) atoms. The summed E-state index contributed by atoms with van der Waals surface area (Å²) in [6, 6.07) is 11.4. The van der Waals surface area contributed by atoms with Crippen molar-refractivity contribution in [2.75, 3.05) is 5.75 Å². The van der Waals surface area contributed by atoms with E-state index in [0.29, 0.717) is 35.5 Å². The maximum atomic E-state index is 14.2. The molecule has 1 heterocycles. The summed E-state index contributed by atoms with van der Waals surface area (Å²) in [6.07, 6.45) is -2.14. The van der Waals surface area contributed by atoms with Crippen LogP contribution in [-0.4, -0.2) is 39.1 Å². The molecule has 1 saturated carbocycles. The van der Waals surface area contributed by atoms with Gasteiger partial charge in [-0.2, -0.15) is 22.0 Å². The molecule has 1 aliphatic heterocycles. The topological polar surface area (TPSA) is 77.8 Å². The van der Waals surface area contributed by atoms with Gasteiger partial charge in [0.15, 0.2) is 0 Å². The van der Waals surface area contributed by atoms with Crippen LogP contribution in [0.4, 0.5) is 22.0 Å². The van der Waals surface area contributed by atoms with E-state index in [2.05, 4.69) is 0 Å². The lowest BCUT2D eigenvalue weighted by Crippen LogP contribution is -2.64. The highest BCUT2D eigenvalue weighted by molar-refractivity contribution is 7.99. The van der Waals surface area contributed by atoms with Gasteiger partial charge in [-0.25, -0.2) is 0 Å². The second-order valence-corrected chi connectivity index (χ2v) is 13.2. The van der Waals surface area contributed by atoms with Crippen LogP contribution in [0.25, 0.3) is 0 Å². The fourth-order valence-corrected chi connectivity index (χ4v) is 9.08. The van der Waals surface area contributed by atoms with E-state index in [1.54, 1.807) is 24.3 Å². The highest BCUT2D eigenvalue weighted by Crippen LogP contribution is 2.66. The van der Waals surface area contributed by atoms with Gasteiger partial charge in [-0.05, 0) is 61.1 Å². The molecule has 2 aliphatic rings. The summed E-state index contributed by atoms with van der Waals surface area (Å²) in [7, 11) is 0. The minimum Gasteiger partial charge on any atom is -0.508 e. The third-order valence-corrected chi connectivity index (χ3v) is 11.1. The van der Waals surface area contributed by atoms with Crippen molar-refractivity contribution in [3.63, 3.8) is 0 Å². The molecule has 3 atom stereocenters. The van der Waals surface area contributed by atoms with E-state index in [9.17, 15) is 42.1 Å². The molecular weight excluding hydrogens is 575 g/mol. The number of hydrogen-bond donors (Lipinski definition) is 3. The van der Waals surface area contributed by atoms with Crippen LogP contribution in [0, 0.1) is 5.41 Å². The lowest BCUT2D eigenvalue weighted by molar-refractivity contribution is -0.285. The fraction of sp³-hybridized carbons (Fsp3) is 0.594. The highest BCUT2D eigenvalue weighted by Gasteiger charge is 2.67. The minimum atomic E-state index is -5.72. The number of carboxylic acid groups (broad SMARTS) is 1. The van der Waals surface area contributed by atoms with E-state index < -0.39 is 47.2 Å². The molecule has 3 unspecified atom stereocenters. The van der Waals surface area contributed by atoms with Gasteiger partial charge in [0.1, 0.15) is 11.5 Å². The molecule has 0 bridgehead atoms. The van der Waals surface area contributed by atoms with Crippen LogP contribution < -0.4 is 0 Å². The van der Waals surface area contributed by atoms with Gasteiger partial charge >= 0.3 is 18.1 Å². The standard InChI is InChI=1S/C32H39F5O4S/c1-28(22-10-12-23(38)13-11-22)21-42-26-20-24(39)14-15-25(26)30(28)18-8-6-4-2-3-5-7-16-29(30,27(40)41)17-9-19-31(33,34)32(35,36)37/h10-15,20,38-39H,2-9,16-19,21H2,1H3,(H,40,41). The monoisotopic (exact) mass is 614 g/mol. The summed E-state index contributed by atoms with van der Waals surface area (Å²) in [6.45, 7) is 1.96. The Bertz CT molecular complexity index is 1250. The number of aromatic hydroxyl groups is 2. The molecule has 10 heteroatoms. The van der Waals surface area contributed by atoms with Crippen LogP contribution in [0.3, 0.4) is 0 Å². The van der Waals surface area contributed by atoms with Gasteiger partial charge in [-0.3, -0.25) is 4.79 Å². The molecule has 0 aromatic heterocycles. The first-order chi connectivity index (χ1) is 19.7. The Hall–Kier alpha value is -2.49. The summed E-state index contributed by atoms with van der Waals surface area (Å²) in [4.78, 5) is 14.5. The lowest BCUT2D eigenvalue weighted by atomic mass is 9.43. The van der Waals surface area contributed by atoms with Crippen molar-refractivity contribution in [2.24, 2.45) is 5.41 Å². The van der Waals surface area contributed by atoms with E-state index in [4.69, 9.17) is 0 Å². The third-order valence-electron chi connectivity index (χ3n) is 9.78. The quantitative estimate of drug-likeness (QED) is 0.283. The summed E-state index contributed by atoms with van der Waals surface area (Å²) >= 11 is 1.46. The Kier molecular flexibility index (Phi) is 9.46. The van der Waals surface area contributed by atoms with Crippen molar-refractivity contribution < 1.29 is 42.1 Å². The van der Waals surface area contributed by atoms with Crippen molar-refractivity contribution in [1.82, 2.24) is 0 Å². The molecule has 2 aromatic rings. The Morgan fingerprint density at radius 1 is 0.857 bits per heavy atom. The maximum Gasteiger partial charge on any atom is 0.453 e. The smallest absolute Gasteiger partial charge is 0.453 e. The molecule has 2 aromatic carbocycles. The number of alkyl halides is 5. The van der Waals surface area contributed by atoms with E-state index in [1.807, 2.05) is 6.92 Å². The predicted molar refractivity (Wildman–Crippen MR) is 152 cm³/mol. The maximum absolute atomic E-state index is 14.2. The van der Waals surface area contributed by atoms with Gasteiger partial charge in [0.2, 0.25) is 0 Å². The molecule has 1 fully saturated rings. The number of halogens is 5. The van der Waals surface area contributed by atoms with Crippen molar-refractivity contribution in [1.29, 1.82) is 0 Å². The SMILES string of the molecule is CC1(c2ccc(O)cc2)CSc2cc(O)ccc2C12CCCCCCCCCC2(CCCC(F)(F)C(F)(F)F)C(=O)O.